The van der Waals surface area contributed by atoms with E-state index in [2.05, 4.69) is 4.52 Å². The summed E-state index contributed by atoms with van der Waals surface area (Å²) in [5.74, 6) is -0.227. The van der Waals surface area contributed by atoms with Crippen LogP contribution >= 0.6 is 7.82 Å². The third-order valence-electron chi connectivity index (χ3n) is 1.42. The van der Waals surface area contributed by atoms with E-state index in [1.165, 1.54) is 21.0 Å². The molecule has 0 saturated heterocycles. The van der Waals surface area contributed by atoms with E-state index in [9.17, 15) is 9.36 Å². The van der Waals surface area contributed by atoms with Crippen molar-refractivity contribution in [2.75, 3.05) is 7.11 Å². The number of carbonyl (C=O) groups is 1. The summed E-state index contributed by atoms with van der Waals surface area (Å²) in [6.45, 7) is 6.25. The fraction of sp³-hybridized carbons (Fsp3) is 0.875. The van der Waals surface area contributed by atoms with Crippen LogP contribution in [0.25, 0.3) is 0 Å². The summed E-state index contributed by atoms with van der Waals surface area (Å²) in [6, 6.07) is 0. The fourth-order valence-corrected chi connectivity index (χ4v) is 1.91. The van der Waals surface area contributed by atoms with Crippen molar-refractivity contribution in [1.29, 1.82) is 0 Å². The fourth-order valence-electron chi connectivity index (χ4n) is 0.637. The molecule has 14 heavy (non-hydrogen) atoms. The summed E-state index contributed by atoms with van der Waals surface area (Å²) >= 11 is 0. The Morgan fingerprint density at radius 1 is 1.21 bits per heavy atom. The largest absolute Gasteiger partial charge is 0.475 e. The van der Waals surface area contributed by atoms with E-state index >= 15 is 0 Å². The molecule has 0 saturated carbocycles. The molecule has 5 nitrogen and oxygen atoms in total. The number of Topliss-reactive ketones (excluding diaryl/α,β-unsaturated/α-hetero) is 1. The number of hydrogen-bond acceptors (Lipinski definition) is 5. The molecule has 84 valence electrons. The first-order valence-electron chi connectivity index (χ1n) is 4.33. The number of phosphoric acid groups is 1. The molecule has 0 aromatic heterocycles. The van der Waals surface area contributed by atoms with Crippen molar-refractivity contribution in [1.82, 2.24) is 0 Å². The van der Waals surface area contributed by atoms with E-state index in [0.717, 1.165) is 0 Å². The van der Waals surface area contributed by atoms with Crippen LogP contribution in [-0.2, 0) is 22.9 Å². The second kappa shape index (κ2) is 5.61. The molecule has 2 unspecified atom stereocenters. The summed E-state index contributed by atoms with van der Waals surface area (Å²) in [7, 11) is -2.37. The Kier molecular flexibility index (Phi) is 5.52. The molecule has 0 aliphatic heterocycles. The molecule has 6 heteroatoms. The topological polar surface area (TPSA) is 61.8 Å². The molecule has 0 heterocycles. The summed E-state index contributed by atoms with van der Waals surface area (Å²) in [4.78, 5) is 10.9. The molecule has 0 aromatic rings. The molecule has 0 aliphatic rings. The zero-order valence-electron chi connectivity index (χ0n) is 9.14. The van der Waals surface area contributed by atoms with Gasteiger partial charge in [0.25, 0.3) is 0 Å². The smallest absolute Gasteiger partial charge is 0.297 e. The number of phosphoric ester groups is 1. The van der Waals surface area contributed by atoms with Gasteiger partial charge in [0.1, 0.15) is 6.10 Å². The monoisotopic (exact) mass is 224 g/mol. The lowest BCUT2D eigenvalue weighted by Crippen LogP contribution is -2.18. The summed E-state index contributed by atoms with van der Waals surface area (Å²) in [6.07, 6.45) is -1.08. The first-order valence-corrected chi connectivity index (χ1v) is 5.80. The third kappa shape index (κ3) is 4.86. The number of hydrogen-bond donors (Lipinski definition) is 0. The molecular weight excluding hydrogens is 207 g/mol. The molecular formula is C8H17O5P. The van der Waals surface area contributed by atoms with Crippen molar-refractivity contribution < 1.29 is 22.9 Å². The Hall–Kier alpha value is -0.220. The zero-order chi connectivity index (χ0) is 11.4. The predicted molar refractivity (Wildman–Crippen MR) is 52.1 cm³/mol. The molecule has 0 aliphatic carbocycles. The lowest BCUT2D eigenvalue weighted by atomic mass is 10.3. The van der Waals surface area contributed by atoms with Gasteiger partial charge in [-0.3, -0.25) is 18.4 Å². The summed E-state index contributed by atoms with van der Waals surface area (Å²) in [5.41, 5.74) is 0. The minimum atomic E-state index is -3.59. The van der Waals surface area contributed by atoms with Crippen molar-refractivity contribution in [3.05, 3.63) is 0 Å². The van der Waals surface area contributed by atoms with Crippen molar-refractivity contribution in [3.63, 3.8) is 0 Å². The van der Waals surface area contributed by atoms with Crippen LogP contribution in [0.15, 0.2) is 0 Å². The highest BCUT2D eigenvalue weighted by Crippen LogP contribution is 2.50. The normalized spacial score (nSPS) is 17.9. The van der Waals surface area contributed by atoms with Crippen molar-refractivity contribution >= 4 is 13.6 Å². The standard InChI is InChI=1S/C8H17O5P/c1-6(2)12-14(10,11-5)13-8(4)7(3)9/h6,8H,1-5H3. The van der Waals surface area contributed by atoms with Crippen molar-refractivity contribution in [3.8, 4) is 0 Å². The van der Waals surface area contributed by atoms with Gasteiger partial charge in [-0.15, -0.1) is 0 Å². The highest BCUT2D eigenvalue weighted by atomic mass is 31.2. The van der Waals surface area contributed by atoms with Gasteiger partial charge < -0.3 is 0 Å². The predicted octanol–water partition coefficient (Wildman–Crippen LogP) is 2.16. The first-order chi connectivity index (χ1) is 6.30. The van der Waals surface area contributed by atoms with E-state index in [-0.39, 0.29) is 11.9 Å². The van der Waals surface area contributed by atoms with E-state index < -0.39 is 13.9 Å². The molecule has 0 spiro atoms. The molecule has 2 atom stereocenters. The number of ketones is 1. The van der Waals surface area contributed by atoms with Crippen LogP contribution < -0.4 is 0 Å². The van der Waals surface area contributed by atoms with Gasteiger partial charge in [-0.2, -0.15) is 0 Å². The molecule has 0 radical (unpaired) electrons. The minimum absolute atomic E-state index is 0.227. The Balaban J connectivity index is 4.40. The Bertz CT molecular complexity index is 238. The molecule has 0 amide bonds. The van der Waals surface area contributed by atoms with Crippen LogP contribution in [0, 0.1) is 0 Å². The van der Waals surface area contributed by atoms with E-state index in [4.69, 9.17) is 9.05 Å². The SMILES string of the molecule is COP(=O)(OC(C)C)OC(C)C(C)=O. The van der Waals surface area contributed by atoms with Gasteiger partial charge >= 0.3 is 7.82 Å². The van der Waals surface area contributed by atoms with Crippen LogP contribution in [0.3, 0.4) is 0 Å². The second-order valence-corrected chi connectivity index (χ2v) is 4.82. The van der Waals surface area contributed by atoms with Gasteiger partial charge in [0, 0.05) is 7.11 Å². The maximum atomic E-state index is 11.7. The molecule has 0 N–H and O–H groups in total. The Morgan fingerprint density at radius 3 is 2.00 bits per heavy atom. The van der Waals surface area contributed by atoms with Crippen molar-refractivity contribution in [2.45, 2.75) is 39.9 Å². The van der Waals surface area contributed by atoms with Gasteiger partial charge in [0.05, 0.1) is 6.10 Å². The third-order valence-corrected chi connectivity index (χ3v) is 3.12. The van der Waals surface area contributed by atoms with E-state index in [0.29, 0.717) is 0 Å². The Morgan fingerprint density at radius 2 is 1.71 bits per heavy atom. The van der Waals surface area contributed by atoms with Crippen LogP contribution in [-0.4, -0.2) is 25.1 Å². The van der Waals surface area contributed by atoms with Crippen LogP contribution in [0.1, 0.15) is 27.7 Å². The average molecular weight is 224 g/mol. The van der Waals surface area contributed by atoms with Gasteiger partial charge in [0.15, 0.2) is 5.78 Å². The van der Waals surface area contributed by atoms with Gasteiger partial charge in [-0.05, 0) is 27.7 Å². The van der Waals surface area contributed by atoms with E-state index in [1.54, 1.807) is 13.8 Å². The number of carbonyl (C=O) groups excluding carboxylic acids is 1. The van der Waals surface area contributed by atoms with Crippen molar-refractivity contribution in [2.24, 2.45) is 0 Å². The van der Waals surface area contributed by atoms with Crippen LogP contribution in [0.4, 0.5) is 0 Å². The second-order valence-electron chi connectivity index (χ2n) is 3.14. The number of rotatable bonds is 6. The molecule has 0 bridgehead atoms. The highest BCUT2D eigenvalue weighted by Gasteiger charge is 2.30. The minimum Gasteiger partial charge on any atom is -0.297 e. The zero-order valence-corrected chi connectivity index (χ0v) is 10.0. The van der Waals surface area contributed by atoms with Gasteiger partial charge in [-0.1, -0.05) is 0 Å². The summed E-state index contributed by atoms with van der Waals surface area (Å²) < 4.78 is 26.2. The lowest BCUT2D eigenvalue weighted by Gasteiger charge is -2.20. The lowest BCUT2D eigenvalue weighted by molar-refractivity contribution is -0.124. The first kappa shape index (κ1) is 13.8. The molecule has 0 aromatic carbocycles. The highest BCUT2D eigenvalue weighted by molar-refractivity contribution is 7.48. The van der Waals surface area contributed by atoms with E-state index in [1.807, 2.05) is 0 Å². The maximum Gasteiger partial charge on any atom is 0.475 e. The van der Waals surface area contributed by atoms with Crippen LogP contribution in [0.2, 0.25) is 0 Å². The quantitative estimate of drug-likeness (QED) is 0.647. The summed E-state index contributed by atoms with van der Waals surface area (Å²) in [5, 5.41) is 0. The van der Waals surface area contributed by atoms with Crippen LogP contribution in [0.5, 0.6) is 0 Å². The average Bonchev–Trinajstić information content (AvgIpc) is 2.02. The van der Waals surface area contributed by atoms with Gasteiger partial charge in [0.2, 0.25) is 0 Å². The Labute approximate surface area is 84.3 Å². The molecule has 0 fully saturated rings. The maximum absolute atomic E-state index is 11.7. The molecule has 0 rings (SSSR count). The van der Waals surface area contributed by atoms with Gasteiger partial charge in [-0.25, -0.2) is 4.57 Å².